The second-order valence-electron chi connectivity index (χ2n) is 5.75. The molecule has 0 aromatic rings. The van der Waals surface area contributed by atoms with Gasteiger partial charge in [-0.25, -0.2) is 0 Å². The molecule has 0 unspecified atom stereocenters. The van der Waals surface area contributed by atoms with Crippen LogP contribution in [-0.2, 0) is 9.59 Å². The summed E-state index contributed by atoms with van der Waals surface area (Å²) in [6.45, 7) is 3.99. The summed E-state index contributed by atoms with van der Waals surface area (Å²) in [4.78, 5) is 20.9. The van der Waals surface area contributed by atoms with Gasteiger partial charge in [-0.05, 0) is 18.3 Å². The summed E-state index contributed by atoms with van der Waals surface area (Å²) in [6.07, 6.45) is 7.53. The number of carbonyl (C=O) groups is 2. The Bertz CT molecular complexity index is 259. The van der Waals surface area contributed by atoms with Crippen molar-refractivity contribution in [3.8, 4) is 0 Å². The first kappa shape index (κ1) is 16.9. The van der Waals surface area contributed by atoms with Gasteiger partial charge in [-0.15, -0.1) is 0 Å². The first-order valence-electron chi connectivity index (χ1n) is 6.77. The van der Waals surface area contributed by atoms with Gasteiger partial charge in [0.05, 0.1) is 6.42 Å². The van der Waals surface area contributed by atoms with Gasteiger partial charge in [0.2, 0.25) is 0 Å². The molecule has 0 heterocycles. The predicted molar refractivity (Wildman–Crippen MR) is 70.6 cm³/mol. The van der Waals surface area contributed by atoms with E-state index in [2.05, 4.69) is 0 Å². The first-order chi connectivity index (χ1) is 8.33. The Hall–Kier alpha value is -1.06. The molecule has 0 aromatic carbocycles. The molecule has 2 N–H and O–H groups in total. The predicted octanol–water partition coefficient (Wildman–Crippen LogP) is 3.69. The Labute approximate surface area is 109 Å². The van der Waals surface area contributed by atoms with Crippen molar-refractivity contribution >= 4 is 11.9 Å². The number of carboxylic acid groups (broad SMARTS) is 2. The van der Waals surface area contributed by atoms with E-state index in [1.54, 1.807) is 0 Å². The van der Waals surface area contributed by atoms with Gasteiger partial charge in [-0.2, -0.15) is 0 Å². The van der Waals surface area contributed by atoms with Crippen molar-refractivity contribution in [1.29, 1.82) is 0 Å². The minimum Gasteiger partial charge on any atom is -0.481 e. The molecule has 0 bridgehead atoms. The van der Waals surface area contributed by atoms with Gasteiger partial charge in [-0.3, -0.25) is 9.59 Å². The van der Waals surface area contributed by atoms with Crippen molar-refractivity contribution < 1.29 is 19.8 Å². The Morgan fingerprint density at radius 2 is 1.33 bits per heavy atom. The van der Waals surface area contributed by atoms with Crippen LogP contribution in [-0.4, -0.2) is 22.2 Å². The van der Waals surface area contributed by atoms with Crippen LogP contribution in [0.5, 0.6) is 0 Å². The third-order valence-corrected chi connectivity index (χ3v) is 3.12. The standard InChI is InChI=1S/C14H26O4/c1-14(2,11-13(17)18)10-8-6-4-3-5-7-9-12(15)16/h3-11H2,1-2H3,(H,15,16)(H,17,18). The van der Waals surface area contributed by atoms with Crippen LogP contribution in [0, 0.1) is 5.41 Å². The smallest absolute Gasteiger partial charge is 0.303 e. The molecule has 0 saturated heterocycles. The van der Waals surface area contributed by atoms with Gasteiger partial charge >= 0.3 is 11.9 Å². The fourth-order valence-corrected chi connectivity index (χ4v) is 2.08. The summed E-state index contributed by atoms with van der Waals surface area (Å²) >= 11 is 0. The van der Waals surface area contributed by atoms with Crippen LogP contribution in [0.2, 0.25) is 0 Å². The molecule has 0 radical (unpaired) electrons. The zero-order valence-electron chi connectivity index (χ0n) is 11.6. The molecule has 0 fully saturated rings. The summed E-state index contributed by atoms with van der Waals surface area (Å²) in [5.74, 6) is -1.45. The Balaban J connectivity index is 3.39. The highest BCUT2D eigenvalue weighted by Crippen LogP contribution is 2.27. The molecular weight excluding hydrogens is 232 g/mol. The average molecular weight is 258 g/mol. The van der Waals surface area contributed by atoms with Crippen molar-refractivity contribution in [3.05, 3.63) is 0 Å². The molecule has 0 aromatic heterocycles. The molecular formula is C14H26O4. The van der Waals surface area contributed by atoms with Crippen LogP contribution in [0.25, 0.3) is 0 Å². The van der Waals surface area contributed by atoms with Gasteiger partial charge in [-0.1, -0.05) is 46.0 Å². The highest BCUT2D eigenvalue weighted by Gasteiger charge is 2.20. The van der Waals surface area contributed by atoms with E-state index in [-0.39, 0.29) is 18.3 Å². The number of unbranched alkanes of at least 4 members (excludes halogenated alkanes) is 5. The third-order valence-electron chi connectivity index (χ3n) is 3.12. The topological polar surface area (TPSA) is 74.6 Å². The van der Waals surface area contributed by atoms with E-state index in [1.807, 2.05) is 13.8 Å². The second kappa shape index (κ2) is 8.95. The fourth-order valence-electron chi connectivity index (χ4n) is 2.08. The van der Waals surface area contributed by atoms with Crippen LogP contribution in [0.4, 0.5) is 0 Å². The monoisotopic (exact) mass is 258 g/mol. The molecule has 0 rings (SSSR count). The quantitative estimate of drug-likeness (QED) is 0.554. The highest BCUT2D eigenvalue weighted by molar-refractivity contribution is 5.67. The van der Waals surface area contributed by atoms with E-state index < -0.39 is 11.9 Å². The molecule has 0 saturated carbocycles. The van der Waals surface area contributed by atoms with E-state index in [0.29, 0.717) is 0 Å². The van der Waals surface area contributed by atoms with E-state index in [0.717, 1.165) is 44.9 Å². The zero-order chi connectivity index (χ0) is 14.0. The molecule has 0 amide bonds. The van der Waals surface area contributed by atoms with Crippen molar-refractivity contribution in [2.24, 2.45) is 5.41 Å². The third kappa shape index (κ3) is 11.4. The molecule has 4 heteroatoms. The lowest BCUT2D eigenvalue weighted by Gasteiger charge is -2.21. The lowest BCUT2D eigenvalue weighted by Crippen LogP contribution is -2.16. The lowest BCUT2D eigenvalue weighted by molar-refractivity contribution is -0.139. The normalized spacial score (nSPS) is 11.4. The zero-order valence-corrected chi connectivity index (χ0v) is 11.6. The molecule has 0 spiro atoms. The lowest BCUT2D eigenvalue weighted by atomic mass is 9.83. The van der Waals surface area contributed by atoms with Crippen LogP contribution < -0.4 is 0 Å². The van der Waals surface area contributed by atoms with E-state index in [4.69, 9.17) is 10.2 Å². The molecule has 106 valence electrons. The van der Waals surface area contributed by atoms with Gasteiger partial charge in [0, 0.05) is 6.42 Å². The summed E-state index contributed by atoms with van der Waals surface area (Å²) in [5.41, 5.74) is -0.116. The largest absolute Gasteiger partial charge is 0.481 e. The number of aliphatic carboxylic acids is 2. The number of hydrogen-bond donors (Lipinski definition) is 2. The summed E-state index contributed by atoms with van der Waals surface area (Å²) in [6, 6.07) is 0. The van der Waals surface area contributed by atoms with Crippen LogP contribution >= 0.6 is 0 Å². The Kier molecular flexibility index (Phi) is 8.42. The van der Waals surface area contributed by atoms with Crippen molar-refractivity contribution in [2.75, 3.05) is 0 Å². The SMILES string of the molecule is CC(C)(CCCCCCCCC(=O)O)CC(=O)O. The van der Waals surface area contributed by atoms with E-state index in [9.17, 15) is 9.59 Å². The van der Waals surface area contributed by atoms with Crippen LogP contribution in [0.1, 0.15) is 71.6 Å². The fraction of sp³-hybridized carbons (Fsp3) is 0.857. The molecule has 4 nitrogen and oxygen atoms in total. The van der Waals surface area contributed by atoms with Crippen molar-refractivity contribution in [2.45, 2.75) is 71.6 Å². The number of rotatable bonds is 11. The number of hydrogen-bond acceptors (Lipinski definition) is 2. The summed E-state index contributed by atoms with van der Waals surface area (Å²) < 4.78 is 0. The minimum absolute atomic E-state index is 0.116. The molecule has 0 atom stereocenters. The number of carboxylic acids is 2. The van der Waals surface area contributed by atoms with Gasteiger partial charge < -0.3 is 10.2 Å². The maximum Gasteiger partial charge on any atom is 0.303 e. The average Bonchev–Trinajstić information content (AvgIpc) is 2.19. The second-order valence-corrected chi connectivity index (χ2v) is 5.75. The highest BCUT2D eigenvalue weighted by atomic mass is 16.4. The molecule has 0 aliphatic heterocycles. The Morgan fingerprint density at radius 3 is 1.83 bits per heavy atom. The van der Waals surface area contributed by atoms with Gasteiger partial charge in [0.15, 0.2) is 0 Å². The van der Waals surface area contributed by atoms with Crippen LogP contribution in [0.3, 0.4) is 0 Å². The Morgan fingerprint density at radius 1 is 0.833 bits per heavy atom. The maximum atomic E-state index is 10.6. The maximum absolute atomic E-state index is 10.6. The molecule has 0 aliphatic carbocycles. The van der Waals surface area contributed by atoms with Gasteiger partial charge in [0.1, 0.15) is 0 Å². The molecule has 18 heavy (non-hydrogen) atoms. The minimum atomic E-state index is -0.728. The van der Waals surface area contributed by atoms with Crippen LogP contribution in [0.15, 0.2) is 0 Å². The summed E-state index contributed by atoms with van der Waals surface area (Å²) in [7, 11) is 0. The van der Waals surface area contributed by atoms with Crippen molar-refractivity contribution in [1.82, 2.24) is 0 Å². The van der Waals surface area contributed by atoms with Crippen molar-refractivity contribution in [3.63, 3.8) is 0 Å². The van der Waals surface area contributed by atoms with Gasteiger partial charge in [0.25, 0.3) is 0 Å². The van der Waals surface area contributed by atoms with E-state index in [1.165, 1.54) is 0 Å². The molecule has 0 aliphatic rings. The first-order valence-corrected chi connectivity index (χ1v) is 6.77. The van der Waals surface area contributed by atoms with E-state index >= 15 is 0 Å². The summed E-state index contributed by atoms with van der Waals surface area (Å²) in [5, 5.41) is 17.2.